The Labute approximate surface area is 65.9 Å². The van der Waals surface area contributed by atoms with Gasteiger partial charge in [-0.1, -0.05) is 0 Å². The largest absolute Gasteiger partial charge is 0.329 e. The second kappa shape index (κ2) is 6.99. The van der Waals surface area contributed by atoms with Gasteiger partial charge in [-0.25, -0.2) is 0 Å². The molecule has 0 saturated heterocycles. The third-order valence-electron chi connectivity index (χ3n) is 1.46. The summed E-state index contributed by atoms with van der Waals surface area (Å²) in [4.78, 5) is 2.27. The van der Waals surface area contributed by atoms with Crippen molar-refractivity contribution >= 4 is 9.52 Å². The molecule has 0 heterocycles. The van der Waals surface area contributed by atoms with E-state index in [-0.39, 0.29) is 9.52 Å². The Bertz CT molecular complexity index is 85.7. The van der Waals surface area contributed by atoms with Gasteiger partial charge in [0.1, 0.15) is 0 Å². The SMILES string of the molecule is C=C[SiH2]CCN(C)CCN. The van der Waals surface area contributed by atoms with Crippen LogP contribution in [-0.2, 0) is 0 Å². The standard InChI is InChI=1S/C7H18N2Si/c1-3-10-7-6-9(2)5-4-8/h3H,1,4-8,10H2,2H3. The quantitative estimate of drug-likeness (QED) is 0.421. The van der Waals surface area contributed by atoms with Crippen LogP contribution in [0, 0.1) is 0 Å². The summed E-state index contributed by atoms with van der Waals surface area (Å²) in [5.74, 6) is 0. The molecule has 3 heteroatoms. The van der Waals surface area contributed by atoms with Crippen molar-refractivity contribution < 1.29 is 0 Å². The van der Waals surface area contributed by atoms with Crippen LogP contribution in [0.2, 0.25) is 6.04 Å². The smallest absolute Gasteiger partial charge is 0.0459 e. The zero-order chi connectivity index (χ0) is 7.82. The van der Waals surface area contributed by atoms with E-state index >= 15 is 0 Å². The van der Waals surface area contributed by atoms with Crippen molar-refractivity contribution in [2.24, 2.45) is 5.73 Å². The summed E-state index contributed by atoms with van der Waals surface area (Å²) >= 11 is 0. The Balaban J connectivity index is 3.04. The lowest BCUT2D eigenvalue weighted by atomic mass is 10.5. The first-order valence-electron chi connectivity index (χ1n) is 3.80. The van der Waals surface area contributed by atoms with Crippen molar-refractivity contribution in [1.29, 1.82) is 0 Å². The van der Waals surface area contributed by atoms with E-state index in [0.717, 1.165) is 13.1 Å². The number of hydrogen-bond donors (Lipinski definition) is 1. The highest BCUT2D eigenvalue weighted by atomic mass is 28.2. The van der Waals surface area contributed by atoms with Gasteiger partial charge in [-0.3, -0.25) is 0 Å². The maximum absolute atomic E-state index is 5.38. The highest BCUT2D eigenvalue weighted by Gasteiger charge is 1.93. The Morgan fingerprint density at radius 3 is 2.80 bits per heavy atom. The Kier molecular flexibility index (Phi) is 6.90. The third kappa shape index (κ3) is 6.00. The normalized spacial score (nSPS) is 11.5. The molecular formula is C7H18N2Si. The van der Waals surface area contributed by atoms with Crippen molar-refractivity contribution in [3.8, 4) is 0 Å². The summed E-state index contributed by atoms with van der Waals surface area (Å²) in [6, 6.07) is 1.33. The summed E-state index contributed by atoms with van der Waals surface area (Å²) < 4.78 is 0. The number of nitrogens with zero attached hydrogens (tertiary/aromatic N) is 1. The number of likely N-dealkylation sites (N-methyl/N-ethyl adjacent to an activating group) is 1. The maximum atomic E-state index is 5.38. The molecule has 0 aromatic heterocycles. The van der Waals surface area contributed by atoms with Crippen LogP contribution in [0.1, 0.15) is 0 Å². The predicted octanol–water partition coefficient (Wildman–Crippen LogP) is -0.392. The minimum absolute atomic E-state index is 0.0433. The molecule has 2 nitrogen and oxygen atoms in total. The van der Waals surface area contributed by atoms with Gasteiger partial charge < -0.3 is 10.6 Å². The minimum Gasteiger partial charge on any atom is -0.329 e. The molecule has 0 spiro atoms. The second-order valence-corrected chi connectivity index (χ2v) is 4.38. The Hall–Kier alpha value is -0.123. The molecule has 0 aliphatic heterocycles. The third-order valence-corrected chi connectivity index (χ3v) is 2.59. The Morgan fingerprint density at radius 1 is 1.60 bits per heavy atom. The fourth-order valence-corrected chi connectivity index (χ4v) is 1.85. The van der Waals surface area contributed by atoms with Gasteiger partial charge in [0.25, 0.3) is 0 Å². The molecule has 0 saturated carbocycles. The molecular weight excluding hydrogens is 140 g/mol. The lowest BCUT2D eigenvalue weighted by Crippen LogP contribution is -2.26. The van der Waals surface area contributed by atoms with Crippen LogP contribution in [-0.4, -0.2) is 41.1 Å². The van der Waals surface area contributed by atoms with Crippen molar-refractivity contribution in [3.63, 3.8) is 0 Å². The van der Waals surface area contributed by atoms with E-state index in [1.807, 2.05) is 0 Å². The molecule has 0 aliphatic rings. The van der Waals surface area contributed by atoms with Gasteiger partial charge in [0.05, 0.1) is 0 Å². The second-order valence-electron chi connectivity index (χ2n) is 2.52. The number of nitrogens with two attached hydrogens (primary N) is 1. The topological polar surface area (TPSA) is 29.3 Å². The van der Waals surface area contributed by atoms with Crippen molar-refractivity contribution in [3.05, 3.63) is 12.3 Å². The van der Waals surface area contributed by atoms with E-state index in [0.29, 0.717) is 0 Å². The molecule has 0 aromatic carbocycles. The highest BCUT2D eigenvalue weighted by molar-refractivity contribution is 6.41. The summed E-state index contributed by atoms with van der Waals surface area (Å²) in [5.41, 5.74) is 7.48. The van der Waals surface area contributed by atoms with Crippen molar-refractivity contribution in [2.45, 2.75) is 6.04 Å². The highest BCUT2D eigenvalue weighted by Crippen LogP contribution is 1.85. The number of rotatable bonds is 6. The van der Waals surface area contributed by atoms with Gasteiger partial charge in [0.15, 0.2) is 0 Å². The summed E-state index contributed by atoms with van der Waals surface area (Å²) in [6.07, 6.45) is 0. The fourth-order valence-electron chi connectivity index (χ4n) is 0.838. The molecule has 0 radical (unpaired) electrons. The van der Waals surface area contributed by atoms with Crippen LogP contribution >= 0.6 is 0 Å². The molecule has 0 amide bonds. The van der Waals surface area contributed by atoms with Crippen molar-refractivity contribution in [2.75, 3.05) is 26.7 Å². The lowest BCUT2D eigenvalue weighted by molar-refractivity contribution is 0.363. The first-order chi connectivity index (χ1) is 4.81. The van der Waals surface area contributed by atoms with E-state index in [1.54, 1.807) is 0 Å². The predicted molar refractivity (Wildman–Crippen MR) is 50.1 cm³/mol. The summed E-state index contributed by atoms with van der Waals surface area (Å²) in [5, 5.41) is 0. The van der Waals surface area contributed by atoms with Gasteiger partial charge in [-0.15, -0.1) is 12.3 Å². The molecule has 0 aromatic rings. The zero-order valence-corrected chi connectivity index (χ0v) is 8.26. The summed E-state index contributed by atoms with van der Waals surface area (Å²) in [7, 11) is 2.16. The van der Waals surface area contributed by atoms with Gasteiger partial charge in [0, 0.05) is 22.6 Å². The van der Waals surface area contributed by atoms with E-state index in [1.165, 1.54) is 12.6 Å². The molecule has 0 bridgehead atoms. The molecule has 0 rings (SSSR count). The van der Waals surface area contributed by atoms with E-state index in [4.69, 9.17) is 5.73 Å². The van der Waals surface area contributed by atoms with E-state index < -0.39 is 0 Å². The van der Waals surface area contributed by atoms with Crippen LogP contribution in [0.15, 0.2) is 12.3 Å². The summed E-state index contributed by atoms with van der Waals surface area (Å²) in [6.45, 7) is 6.70. The monoisotopic (exact) mass is 158 g/mol. The average molecular weight is 158 g/mol. The van der Waals surface area contributed by atoms with Crippen LogP contribution in [0.4, 0.5) is 0 Å². The van der Waals surface area contributed by atoms with Gasteiger partial charge in [-0.2, -0.15) is 0 Å². The minimum atomic E-state index is 0.0433. The van der Waals surface area contributed by atoms with E-state index in [2.05, 4.69) is 24.2 Å². The van der Waals surface area contributed by atoms with Crippen LogP contribution in [0.25, 0.3) is 0 Å². The van der Waals surface area contributed by atoms with Crippen LogP contribution in [0.3, 0.4) is 0 Å². The average Bonchev–Trinajstić information content (AvgIpc) is 1.89. The maximum Gasteiger partial charge on any atom is 0.0459 e. The molecule has 10 heavy (non-hydrogen) atoms. The zero-order valence-electron chi connectivity index (χ0n) is 6.84. The fraction of sp³-hybridized carbons (Fsp3) is 0.714. The molecule has 0 aliphatic carbocycles. The first-order valence-corrected chi connectivity index (χ1v) is 5.62. The van der Waals surface area contributed by atoms with Crippen LogP contribution in [0.5, 0.6) is 0 Å². The van der Waals surface area contributed by atoms with Gasteiger partial charge in [0.2, 0.25) is 0 Å². The van der Waals surface area contributed by atoms with Crippen molar-refractivity contribution in [1.82, 2.24) is 4.90 Å². The molecule has 0 fully saturated rings. The van der Waals surface area contributed by atoms with Gasteiger partial charge >= 0.3 is 0 Å². The molecule has 0 atom stereocenters. The Morgan fingerprint density at radius 2 is 2.30 bits per heavy atom. The molecule has 0 unspecified atom stereocenters. The molecule has 60 valence electrons. The van der Waals surface area contributed by atoms with E-state index in [9.17, 15) is 0 Å². The lowest BCUT2D eigenvalue weighted by Gasteiger charge is -2.13. The first kappa shape index (κ1) is 9.88. The molecule has 2 N–H and O–H groups in total. The number of hydrogen-bond acceptors (Lipinski definition) is 2. The van der Waals surface area contributed by atoms with Crippen LogP contribution < -0.4 is 5.73 Å². The van der Waals surface area contributed by atoms with Gasteiger partial charge in [-0.05, 0) is 19.6 Å².